The van der Waals surface area contributed by atoms with E-state index >= 15 is 0 Å². The Morgan fingerprint density at radius 1 is 1.21 bits per heavy atom. The van der Waals surface area contributed by atoms with Gasteiger partial charge < -0.3 is 10.1 Å². The maximum atomic E-state index is 12.2. The van der Waals surface area contributed by atoms with Crippen molar-refractivity contribution in [2.75, 3.05) is 18.1 Å². The van der Waals surface area contributed by atoms with Crippen molar-refractivity contribution in [3.05, 3.63) is 58.6 Å². The standard InChI is InChI=1S/C16H17ClN2O4S/c1-23-15-6-4-3-5-12(15)10-18-16(20)11-7-8-14(13(17)9-11)19-24(2,21)22/h3-9,19H,10H2,1-2H3,(H,18,20). The number of benzene rings is 2. The summed E-state index contributed by atoms with van der Waals surface area (Å²) < 4.78 is 30.0. The van der Waals surface area contributed by atoms with E-state index in [2.05, 4.69) is 10.0 Å². The smallest absolute Gasteiger partial charge is 0.251 e. The Bertz CT molecular complexity index is 853. The Hall–Kier alpha value is -2.25. The molecule has 128 valence electrons. The van der Waals surface area contributed by atoms with Crippen molar-refractivity contribution < 1.29 is 17.9 Å². The highest BCUT2D eigenvalue weighted by molar-refractivity contribution is 7.92. The zero-order chi connectivity index (χ0) is 17.7. The highest BCUT2D eigenvalue weighted by atomic mass is 35.5. The SMILES string of the molecule is COc1ccccc1CNC(=O)c1ccc(NS(C)(=O)=O)c(Cl)c1. The number of hydrogen-bond acceptors (Lipinski definition) is 4. The fourth-order valence-corrected chi connectivity index (χ4v) is 2.93. The zero-order valence-corrected chi connectivity index (χ0v) is 14.7. The van der Waals surface area contributed by atoms with Crippen LogP contribution in [0.5, 0.6) is 5.75 Å². The first-order chi connectivity index (χ1) is 11.3. The molecule has 0 saturated heterocycles. The molecule has 1 amide bonds. The van der Waals surface area contributed by atoms with Crippen LogP contribution in [0, 0.1) is 0 Å². The third-order valence-corrected chi connectivity index (χ3v) is 4.06. The highest BCUT2D eigenvalue weighted by Crippen LogP contribution is 2.24. The van der Waals surface area contributed by atoms with E-state index in [0.717, 1.165) is 11.8 Å². The van der Waals surface area contributed by atoms with E-state index in [1.165, 1.54) is 18.2 Å². The Morgan fingerprint density at radius 2 is 1.92 bits per heavy atom. The number of carbonyl (C=O) groups excluding carboxylic acids is 1. The second kappa shape index (κ2) is 7.55. The first-order valence-electron chi connectivity index (χ1n) is 6.97. The minimum Gasteiger partial charge on any atom is -0.496 e. The van der Waals surface area contributed by atoms with Gasteiger partial charge in [-0.25, -0.2) is 8.42 Å². The second-order valence-corrected chi connectivity index (χ2v) is 7.22. The molecule has 0 aliphatic heterocycles. The van der Waals surface area contributed by atoms with Gasteiger partial charge in [-0.3, -0.25) is 9.52 Å². The lowest BCUT2D eigenvalue weighted by atomic mass is 10.1. The van der Waals surface area contributed by atoms with Crippen molar-refractivity contribution in [2.24, 2.45) is 0 Å². The molecule has 2 aromatic rings. The number of hydrogen-bond donors (Lipinski definition) is 2. The number of amides is 1. The summed E-state index contributed by atoms with van der Waals surface area (Å²) in [5, 5.41) is 2.91. The van der Waals surface area contributed by atoms with E-state index in [9.17, 15) is 13.2 Å². The summed E-state index contributed by atoms with van der Waals surface area (Å²) in [5.41, 5.74) is 1.39. The number of sulfonamides is 1. The number of anilines is 1. The second-order valence-electron chi connectivity index (χ2n) is 5.06. The fraction of sp³-hybridized carbons (Fsp3) is 0.188. The van der Waals surface area contributed by atoms with Crippen LogP contribution in [0.2, 0.25) is 5.02 Å². The minimum atomic E-state index is -3.44. The first kappa shape index (κ1) is 18.1. The molecule has 0 saturated carbocycles. The molecule has 24 heavy (non-hydrogen) atoms. The summed E-state index contributed by atoms with van der Waals surface area (Å²) in [5.74, 6) is 0.359. The van der Waals surface area contributed by atoms with Gasteiger partial charge in [0.2, 0.25) is 10.0 Å². The molecule has 2 aromatic carbocycles. The van der Waals surface area contributed by atoms with Gasteiger partial charge in [0.05, 0.1) is 24.1 Å². The van der Waals surface area contributed by atoms with E-state index in [-0.39, 0.29) is 16.6 Å². The number of carbonyl (C=O) groups is 1. The molecule has 0 radical (unpaired) electrons. The molecule has 0 heterocycles. The van der Waals surface area contributed by atoms with Crippen LogP contribution in [0.1, 0.15) is 15.9 Å². The van der Waals surface area contributed by atoms with Gasteiger partial charge in [0.25, 0.3) is 5.91 Å². The lowest BCUT2D eigenvalue weighted by Gasteiger charge is -2.11. The number of ether oxygens (including phenoxy) is 1. The van der Waals surface area contributed by atoms with Gasteiger partial charge >= 0.3 is 0 Å². The molecule has 0 unspecified atom stereocenters. The lowest BCUT2D eigenvalue weighted by molar-refractivity contribution is 0.0950. The molecular weight excluding hydrogens is 352 g/mol. The van der Waals surface area contributed by atoms with Crippen LogP contribution >= 0.6 is 11.6 Å². The number of rotatable bonds is 6. The van der Waals surface area contributed by atoms with Gasteiger partial charge in [0.15, 0.2) is 0 Å². The summed E-state index contributed by atoms with van der Waals surface area (Å²) in [4.78, 5) is 12.2. The largest absolute Gasteiger partial charge is 0.496 e. The number of methoxy groups -OCH3 is 1. The van der Waals surface area contributed by atoms with E-state index in [0.29, 0.717) is 17.9 Å². The predicted molar refractivity (Wildman–Crippen MR) is 94.1 cm³/mol. The van der Waals surface area contributed by atoms with Crippen molar-refractivity contribution in [1.82, 2.24) is 5.32 Å². The topological polar surface area (TPSA) is 84.5 Å². The average Bonchev–Trinajstić information content (AvgIpc) is 2.53. The molecule has 0 bridgehead atoms. The third kappa shape index (κ3) is 4.87. The predicted octanol–water partition coefficient (Wildman–Crippen LogP) is 2.65. The van der Waals surface area contributed by atoms with Gasteiger partial charge in [-0.15, -0.1) is 0 Å². The molecule has 2 N–H and O–H groups in total. The van der Waals surface area contributed by atoms with E-state index < -0.39 is 10.0 Å². The van der Waals surface area contributed by atoms with Gasteiger partial charge in [-0.05, 0) is 24.3 Å². The molecule has 0 aliphatic carbocycles. The van der Waals surface area contributed by atoms with Crippen LogP contribution in [-0.2, 0) is 16.6 Å². The van der Waals surface area contributed by atoms with Crippen LogP contribution in [0.3, 0.4) is 0 Å². The lowest BCUT2D eigenvalue weighted by Crippen LogP contribution is -2.23. The third-order valence-electron chi connectivity index (χ3n) is 3.16. The normalized spacial score (nSPS) is 11.0. The van der Waals surface area contributed by atoms with Crippen molar-refractivity contribution in [3.8, 4) is 5.75 Å². The summed E-state index contributed by atoms with van der Waals surface area (Å²) >= 11 is 6.02. The van der Waals surface area contributed by atoms with Crippen molar-refractivity contribution >= 4 is 33.2 Å². The van der Waals surface area contributed by atoms with Crippen molar-refractivity contribution in [3.63, 3.8) is 0 Å². The van der Waals surface area contributed by atoms with Gasteiger partial charge in [0.1, 0.15) is 5.75 Å². The van der Waals surface area contributed by atoms with Gasteiger partial charge in [-0.1, -0.05) is 29.8 Å². The first-order valence-corrected chi connectivity index (χ1v) is 9.24. The molecule has 0 atom stereocenters. The monoisotopic (exact) mass is 368 g/mol. The summed E-state index contributed by atoms with van der Waals surface area (Å²) in [6.45, 7) is 0.295. The summed E-state index contributed by atoms with van der Waals surface area (Å²) in [6.07, 6.45) is 1.02. The molecular formula is C16H17ClN2O4S. The van der Waals surface area contributed by atoms with Crippen LogP contribution in [-0.4, -0.2) is 27.7 Å². The van der Waals surface area contributed by atoms with E-state index in [1.54, 1.807) is 7.11 Å². The van der Waals surface area contributed by atoms with E-state index in [1.807, 2.05) is 24.3 Å². The van der Waals surface area contributed by atoms with Crippen LogP contribution in [0.15, 0.2) is 42.5 Å². The van der Waals surface area contributed by atoms with Crippen LogP contribution in [0.4, 0.5) is 5.69 Å². The minimum absolute atomic E-state index is 0.144. The number of nitrogens with one attached hydrogen (secondary N) is 2. The summed E-state index contributed by atoms with van der Waals surface area (Å²) in [7, 11) is -1.87. The Morgan fingerprint density at radius 3 is 2.54 bits per heavy atom. The molecule has 0 fully saturated rings. The molecule has 0 spiro atoms. The Labute approximate surface area is 145 Å². The van der Waals surface area contributed by atoms with Crippen molar-refractivity contribution in [2.45, 2.75) is 6.54 Å². The highest BCUT2D eigenvalue weighted by Gasteiger charge is 2.12. The van der Waals surface area contributed by atoms with Crippen molar-refractivity contribution in [1.29, 1.82) is 0 Å². The molecule has 2 rings (SSSR count). The van der Waals surface area contributed by atoms with E-state index in [4.69, 9.17) is 16.3 Å². The maximum Gasteiger partial charge on any atom is 0.251 e. The number of para-hydroxylation sites is 1. The maximum absolute atomic E-state index is 12.2. The Kier molecular flexibility index (Phi) is 5.69. The average molecular weight is 369 g/mol. The zero-order valence-electron chi connectivity index (χ0n) is 13.2. The van der Waals surface area contributed by atoms with Gasteiger partial charge in [-0.2, -0.15) is 0 Å². The molecule has 8 heteroatoms. The fourth-order valence-electron chi connectivity index (χ4n) is 2.07. The van der Waals surface area contributed by atoms with Crippen LogP contribution in [0.25, 0.3) is 0 Å². The molecule has 6 nitrogen and oxygen atoms in total. The number of halogens is 1. The van der Waals surface area contributed by atoms with Gasteiger partial charge in [0, 0.05) is 17.7 Å². The Balaban J connectivity index is 2.09. The molecule has 0 aromatic heterocycles. The van der Waals surface area contributed by atoms with Crippen LogP contribution < -0.4 is 14.8 Å². The quantitative estimate of drug-likeness (QED) is 0.820. The molecule has 0 aliphatic rings. The summed E-state index contributed by atoms with van der Waals surface area (Å²) in [6, 6.07) is 11.7.